The van der Waals surface area contributed by atoms with Crippen LogP contribution in [-0.4, -0.2) is 36.6 Å². The summed E-state index contributed by atoms with van der Waals surface area (Å²) >= 11 is 0. The van der Waals surface area contributed by atoms with Gasteiger partial charge in [0.1, 0.15) is 5.75 Å². The SMILES string of the molecule is CNC(=O)C(C)CN(C)Cc1cc(C)c(O)c(C)c1. The van der Waals surface area contributed by atoms with Gasteiger partial charge in [-0.3, -0.25) is 4.79 Å². The third-order valence-corrected chi connectivity index (χ3v) is 3.28. The summed E-state index contributed by atoms with van der Waals surface area (Å²) < 4.78 is 0. The second kappa shape index (κ2) is 6.57. The Kier molecular flexibility index (Phi) is 5.36. The normalized spacial score (nSPS) is 12.5. The van der Waals surface area contributed by atoms with Crippen LogP contribution in [0.2, 0.25) is 0 Å². The predicted octanol–water partition coefficient (Wildman–Crippen LogP) is 1.82. The minimum absolute atomic E-state index is 0.0330. The fourth-order valence-electron chi connectivity index (χ4n) is 2.31. The third-order valence-electron chi connectivity index (χ3n) is 3.28. The fourth-order valence-corrected chi connectivity index (χ4v) is 2.31. The Bertz CT molecular complexity index is 434. The van der Waals surface area contributed by atoms with Crippen LogP contribution in [-0.2, 0) is 11.3 Å². The standard InChI is InChI=1S/C15H24N2O2/c1-10-6-13(7-11(2)14(10)18)9-17(5)8-12(3)15(19)16-4/h6-7,12,18H,8-9H2,1-5H3,(H,16,19). The van der Waals surface area contributed by atoms with Gasteiger partial charge in [-0.1, -0.05) is 19.1 Å². The van der Waals surface area contributed by atoms with Gasteiger partial charge in [0, 0.05) is 26.1 Å². The van der Waals surface area contributed by atoms with Crippen molar-refractivity contribution in [3.8, 4) is 5.75 Å². The molecule has 0 fully saturated rings. The van der Waals surface area contributed by atoms with Crippen LogP contribution in [0.1, 0.15) is 23.6 Å². The van der Waals surface area contributed by atoms with E-state index in [-0.39, 0.29) is 11.8 Å². The van der Waals surface area contributed by atoms with Crippen LogP contribution < -0.4 is 5.32 Å². The molecule has 0 aliphatic carbocycles. The average Bonchev–Trinajstić information content (AvgIpc) is 2.34. The van der Waals surface area contributed by atoms with Crippen LogP contribution in [0.4, 0.5) is 0 Å². The van der Waals surface area contributed by atoms with Crippen LogP contribution >= 0.6 is 0 Å². The lowest BCUT2D eigenvalue weighted by molar-refractivity contribution is -0.124. The molecule has 4 heteroatoms. The summed E-state index contributed by atoms with van der Waals surface area (Å²) in [5, 5.41) is 12.4. The number of hydrogen-bond acceptors (Lipinski definition) is 3. The van der Waals surface area contributed by atoms with E-state index in [1.165, 1.54) is 0 Å². The fraction of sp³-hybridized carbons (Fsp3) is 0.533. The summed E-state index contributed by atoms with van der Waals surface area (Å²) in [7, 11) is 3.66. The zero-order valence-corrected chi connectivity index (χ0v) is 12.4. The highest BCUT2D eigenvalue weighted by atomic mass is 16.3. The quantitative estimate of drug-likeness (QED) is 0.853. The Labute approximate surface area is 115 Å². The number of nitrogens with one attached hydrogen (secondary N) is 1. The van der Waals surface area contributed by atoms with Crippen molar-refractivity contribution in [3.63, 3.8) is 0 Å². The van der Waals surface area contributed by atoms with Crippen molar-refractivity contribution in [3.05, 3.63) is 28.8 Å². The average molecular weight is 264 g/mol. The molecule has 4 nitrogen and oxygen atoms in total. The molecular formula is C15H24N2O2. The molecule has 1 rings (SSSR count). The zero-order chi connectivity index (χ0) is 14.6. The largest absolute Gasteiger partial charge is 0.507 e. The molecule has 0 saturated carbocycles. The minimum atomic E-state index is -0.0330. The van der Waals surface area contributed by atoms with Gasteiger partial charge in [-0.2, -0.15) is 0 Å². The molecule has 0 aliphatic rings. The number of aromatic hydroxyl groups is 1. The number of nitrogens with zero attached hydrogens (tertiary/aromatic N) is 1. The molecule has 0 radical (unpaired) electrons. The van der Waals surface area contributed by atoms with Gasteiger partial charge in [0.25, 0.3) is 0 Å². The van der Waals surface area contributed by atoms with Crippen molar-refractivity contribution in [1.29, 1.82) is 0 Å². The number of phenolic OH excluding ortho intramolecular Hbond substituents is 1. The summed E-state index contributed by atoms with van der Waals surface area (Å²) in [5.74, 6) is 0.393. The number of aryl methyl sites for hydroxylation is 2. The Hall–Kier alpha value is -1.55. The van der Waals surface area contributed by atoms with Crippen LogP contribution in [0.3, 0.4) is 0 Å². The summed E-state index contributed by atoms with van der Waals surface area (Å²) in [6.07, 6.45) is 0. The lowest BCUT2D eigenvalue weighted by Gasteiger charge is -2.21. The monoisotopic (exact) mass is 264 g/mol. The van der Waals surface area contributed by atoms with Gasteiger partial charge in [0.05, 0.1) is 0 Å². The van der Waals surface area contributed by atoms with Gasteiger partial charge in [-0.05, 0) is 37.6 Å². The van der Waals surface area contributed by atoms with E-state index in [1.54, 1.807) is 7.05 Å². The van der Waals surface area contributed by atoms with Crippen molar-refractivity contribution in [1.82, 2.24) is 10.2 Å². The molecule has 1 aromatic rings. The predicted molar refractivity (Wildman–Crippen MR) is 77.1 cm³/mol. The molecule has 106 valence electrons. The molecule has 0 aromatic heterocycles. The Morgan fingerprint density at radius 2 is 1.89 bits per heavy atom. The van der Waals surface area contributed by atoms with Crippen LogP contribution in [0, 0.1) is 19.8 Å². The Morgan fingerprint density at radius 3 is 2.37 bits per heavy atom. The van der Waals surface area contributed by atoms with E-state index < -0.39 is 0 Å². The molecule has 0 heterocycles. The first-order chi connectivity index (χ1) is 8.85. The van der Waals surface area contributed by atoms with E-state index >= 15 is 0 Å². The van der Waals surface area contributed by atoms with E-state index in [4.69, 9.17) is 0 Å². The third kappa shape index (κ3) is 4.24. The summed E-state index contributed by atoms with van der Waals surface area (Å²) in [6.45, 7) is 7.20. The number of benzene rings is 1. The number of amides is 1. The minimum Gasteiger partial charge on any atom is -0.507 e. The maximum atomic E-state index is 11.5. The molecule has 1 unspecified atom stereocenters. The molecule has 19 heavy (non-hydrogen) atoms. The number of hydrogen-bond donors (Lipinski definition) is 2. The molecule has 0 spiro atoms. The van der Waals surface area contributed by atoms with Gasteiger partial charge >= 0.3 is 0 Å². The molecule has 0 bridgehead atoms. The lowest BCUT2D eigenvalue weighted by atomic mass is 10.0. The topological polar surface area (TPSA) is 52.6 Å². The van der Waals surface area contributed by atoms with Crippen molar-refractivity contribution in [2.24, 2.45) is 5.92 Å². The highest BCUT2D eigenvalue weighted by molar-refractivity contribution is 5.78. The summed E-state index contributed by atoms with van der Waals surface area (Å²) in [4.78, 5) is 13.6. The second-order valence-electron chi connectivity index (χ2n) is 5.29. The smallest absolute Gasteiger partial charge is 0.223 e. The maximum Gasteiger partial charge on any atom is 0.223 e. The van der Waals surface area contributed by atoms with Crippen molar-refractivity contribution in [2.75, 3.05) is 20.6 Å². The highest BCUT2D eigenvalue weighted by Gasteiger charge is 2.14. The van der Waals surface area contributed by atoms with E-state index in [2.05, 4.69) is 10.2 Å². The lowest BCUT2D eigenvalue weighted by Crippen LogP contribution is -2.34. The van der Waals surface area contributed by atoms with Crippen LogP contribution in [0.15, 0.2) is 12.1 Å². The van der Waals surface area contributed by atoms with Gasteiger partial charge in [0.15, 0.2) is 0 Å². The van der Waals surface area contributed by atoms with Crippen LogP contribution in [0.5, 0.6) is 5.75 Å². The number of rotatable bonds is 5. The number of carbonyl (C=O) groups is 1. The van der Waals surface area contributed by atoms with Gasteiger partial charge in [-0.25, -0.2) is 0 Å². The van der Waals surface area contributed by atoms with Crippen molar-refractivity contribution in [2.45, 2.75) is 27.3 Å². The van der Waals surface area contributed by atoms with E-state index in [0.29, 0.717) is 12.3 Å². The highest BCUT2D eigenvalue weighted by Crippen LogP contribution is 2.23. The van der Waals surface area contributed by atoms with Gasteiger partial charge in [-0.15, -0.1) is 0 Å². The van der Waals surface area contributed by atoms with Crippen molar-refractivity contribution >= 4 is 5.91 Å². The van der Waals surface area contributed by atoms with E-state index in [9.17, 15) is 9.90 Å². The number of phenols is 1. The molecular weight excluding hydrogens is 240 g/mol. The van der Waals surface area contributed by atoms with Crippen molar-refractivity contribution < 1.29 is 9.90 Å². The van der Waals surface area contributed by atoms with E-state index in [0.717, 1.165) is 23.2 Å². The number of carbonyl (C=O) groups excluding carboxylic acids is 1. The Balaban J connectivity index is 2.67. The van der Waals surface area contributed by atoms with Gasteiger partial charge < -0.3 is 15.3 Å². The molecule has 2 N–H and O–H groups in total. The Morgan fingerprint density at radius 1 is 1.37 bits per heavy atom. The molecule has 1 aromatic carbocycles. The first kappa shape index (κ1) is 15.5. The first-order valence-electron chi connectivity index (χ1n) is 6.54. The van der Waals surface area contributed by atoms with E-state index in [1.807, 2.05) is 40.0 Å². The summed E-state index contributed by atoms with van der Waals surface area (Å²) in [6, 6.07) is 3.98. The van der Waals surface area contributed by atoms with Crippen LogP contribution in [0.25, 0.3) is 0 Å². The molecule has 0 aliphatic heterocycles. The second-order valence-corrected chi connectivity index (χ2v) is 5.29. The molecule has 1 atom stereocenters. The zero-order valence-electron chi connectivity index (χ0n) is 12.4. The summed E-state index contributed by atoms with van der Waals surface area (Å²) in [5.41, 5.74) is 2.94. The molecule has 1 amide bonds. The first-order valence-corrected chi connectivity index (χ1v) is 6.54. The molecule has 0 saturated heterocycles. The van der Waals surface area contributed by atoms with Gasteiger partial charge in [0.2, 0.25) is 5.91 Å². The maximum absolute atomic E-state index is 11.5.